The normalized spacial score (nSPS) is 13.3. The van der Waals surface area contributed by atoms with E-state index in [1.54, 1.807) is 23.1 Å². The number of nitro benzene ring substituents is 1. The molecule has 3 amide bonds. The van der Waals surface area contributed by atoms with Crippen molar-refractivity contribution >= 4 is 57.4 Å². The molecule has 43 heavy (non-hydrogen) atoms. The number of thiophene rings is 1. The van der Waals surface area contributed by atoms with Crippen molar-refractivity contribution in [3.05, 3.63) is 80.2 Å². The van der Waals surface area contributed by atoms with Crippen LogP contribution in [0.5, 0.6) is 0 Å². The maximum atomic E-state index is 13.3. The van der Waals surface area contributed by atoms with Gasteiger partial charge < -0.3 is 20.3 Å². The van der Waals surface area contributed by atoms with Crippen LogP contribution in [0.3, 0.4) is 0 Å². The number of thioether (sulfide) groups is 1. The molecule has 2 aromatic carbocycles. The predicted molar refractivity (Wildman–Crippen MR) is 165 cm³/mol. The van der Waals surface area contributed by atoms with E-state index in [1.165, 1.54) is 47.4 Å². The second-order valence-corrected chi connectivity index (χ2v) is 13.1. The lowest BCUT2D eigenvalue weighted by Gasteiger charge is -2.29. The van der Waals surface area contributed by atoms with Gasteiger partial charge in [-0.15, -0.1) is 23.1 Å². The Kier molecular flexibility index (Phi) is 9.73. The van der Waals surface area contributed by atoms with Crippen LogP contribution in [0.2, 0.25) is 0 Å². The molecule has 224 valence electrons. The first-order chi connectivity index (χ1) is 20.4. The number of non-ortho nitro benzene ring substituents is 1. The first kappa shape index (κ1) is 31.5. The molecular formula is C30H31N5O6S2. The number of nitriles is 1. The van der Waals surface area contributed by atoms with Gasteiger partial charge >= 0.3 is 6.09 Å². The SMILES string of the molecule is CCC(Sc1cccc(NC(=O)c2ccc([N+](=O)[O-])cc2)c1)C(=O)Nc1sc2c(c1C#N)CCN(C(=O)OC(C)(C)C)C2. The Morgan fingerprint density at radius 2 is 1.91 bits per heavy atom. The Morgan fingerprint density at radius 3 is 2.53 bits per heavy atom. The monoisotopic (exact) mass is 621 g/mol. The van der Waals surface area contributed by atoms with E-state index in [-0.39, 0.29) is 17.2 Å². The molecule has 0 saturated heterocycles. The molecule has 0 fully saturated rings. The lowest BCUT2D eigenvalue weighted by molar-refractivity contribution is -0.384. The average molecular weight is 622 g/mol. The van der Waals surface area contributed by atoms with Crippen molar-refractivity contribution in [3.63, 3.8) is 0 Å². The number of nitrogens with one attached hydrogen (secondary N) is 2. The summed E-state index contributed by atoms with van der Waals surface area (Å²) in [4.78, 5) is 52.1. The number of amides is 3. The molecule has 1 aromatic heterocycles. The summed E-state index contributed by atoms with van der Waals surface area (Å²) in [6.45, 7) is 8.05. The molecule has 1 atom stereocenters. The van der Waals surface area contributed by atoms with Crippen molar-refractivity contribution in [2.45, 2.75) is 62.8 Å². The third-order valence-electron chi connectivity index (χ3n) is 6.43. The van der Waals surface area contributed by atoms with Gasteiger partial charge in [0.05, 0.1) is 22.3 Å². The smallest absolute Gasteiger partial charge is 0.410 e. The van der Waals surface area contributed by atoms with Crippen LogP contribution in [0.1, 0.15) is 60.5 Å². The van der Waals surface area contributed by atoms with Gasteiger partial charge in [0.1, 0.15) is 16.7 Å². The summed E-state index contributed by atoms with van der Waals surface area (Å²) in [5.41, 5.74) is 1.33. The summed E-state index contributed by atoms with van der Waals surface area (Å²) in [5.74, 6) is -0.676. The molecule has 0 bridgehead atoms. The molecule has 0 saturated carbocycles. The molecule has 1 aliphatic rings. The van der Waals surface area contributed by atoms with Gasteiger partial charge in [0, 0.05) is 39.7 Å². The van der Waals surface area contributed by atoms with Crippen LogP contribution in [0.15, 0.2) is 53.4 Å². The number of carbonyl (C=O) groups is 3. The lowest BCUT2D eigenvalue weighted by Crippen LogP contribution is -2.39. The van der Waals surface area contributed by atoms with E-state index in [0.29, 0.717) is 42.2 Å². The molecule has 0 radical (unpaired) electrons. The highest BCUT2D eigenvalue weighted by atomic mass is 32.2. The number of nitrogens with zero attached hydrogens (tertiary/aromatic N) is 3. The van der Waals surface area contributed by atoms with Crippen LogP contribution >= 0.6 is 23.1 Å². The van der Waals surface area contributed by atoms with Crippen molar-refractivity contribution in [1.29, 1.82) is 5.26 Å². The lowest BCUT2D eigenvalue weighted by atomic mass is 10.0. The summed E-state index contributed by atoms with van der Waals surface area (Å²) in [6, 6.07) is 14.6. The number of nitro groups is 1. The fraction of sp³-hybridized carbons (Fsp3) is 0.333. The van der Waals surface area contributed by atoms with Crippen LogP contribution < -0.4 is 10.6 Å². The van der Waals surface area contributed by atoms with Gasteiger partial charge in [-0.05, 0) is 69.5 Å². The molecule has 2 N–H and O–H groups in total. The minimum Gasteiger partial charge on any atom is -0.444 e. The first-order valence-corrected chi connectivity index (χ1v) is 15.2. The molecular weight excluding hydrogens is 590 g/mol. The molecule has 0 aliphatic carbocycles. The second kappa shape index (κ2) is 13.3. The van der Waals surface area contributed by atoms with Crippen molar-refractivity contribution in [3.8, 4) is 6.07 Å². The zero-order valence-electron chi connectivity index (χ0n) is 24.1. The topological polar surface area (TPSA) is 155 Å². The minimum atomic E-state index is -0.616. The molecule has 13 heteroatoms. The standard InChI is InChI=1S/C30H31N5O6S2/c1-5-24(42-21-8-6-7-19(15-21)32-26(36)18-9-11-20(12-10-18)35(39)40)27(37)33-28-23(16-31)22-13-14-34(17-25(22)43-28)29(38)41-30(2,3)4/h6-12,15,24H,5,13-14,17H2,1-4H3,(H,32,36)(H,33,37). The van der Waals surface area contributed by atoms with E-state index in [4.69, 9.17) is 4.74 Å². The summed E-state index contributed by atoms with van der Waals surface area (Å²) >= 11 is 2.63. The number of carbonyl (C=O) groups excluding carboxylic acids is 3. The maximum Gasteiger partial charge on any atom is 0.410 e. The Labute approximate surface area is 257 Å². The summed E-state index contributed by atoms with van der Waals surface area (Å²) in [5, 5.41) is 26.5. The van der Waals surface area contributed by atoms with Crippen LogP contribution in [-0.2, 0) is 22.5 Å². The van der Waals surface area contributed by atoms with E-state index in [0.717, 1.165) is 15.3 Å². The Morgan fingerprint density at radius 1 is 1.19 bits per heavy atom. The van der Waals surface area contributed by atoms with Crippen LogP contribution in [0.4, 0.5) is 21.2 Å². The minimum absolute atomic E-state index is 0.105. The summed E-state index contributed by atoms with van der Waals surface area (Å²) < 4.78 is 5.50. The van der Waals surface area contributed by atoms with Gasteiger partial charge in [-0.2, -0.15) is 5.26 Å². The summed E-state index contributed by atoms with van der Waals surface area (Å²) in [6.07, 6.45) is 0.591. The van der Waals surface area contributed by atoms with E-state index < -0.39 is 27.8 Å². The molecule has 11 nitrogen and oxygen atoms in total. The van der Waals surface area contributed by atoms with Crippen LogP contribution in [0, 0.1) is 21.4 Å². The predicted octanol–water partition coefficient (Wildman–Crippen LogP) is 6.58. The molecule has 4 rings (SSSR count). The van der Waals surface area contributed by atoms with Crippen molar-refractivity contribution in [1.82, 2.24) is 4.90 Å². The Balaban J connectivity index is 1.42. The molecule has 1 unspecified atom stereocenters. The number of rotatable bonds is 8. The average Bonchev–Trinajstić information content (AvgIpc) is 3.31. The highest BCUT2D eigenvalue weighted by molar-refractivity contribution is 8.00. The number of hydrogen-bond acceptors (Lipinski definition) is 9. The van der Waals surface area contributed by atoms with Crippen molar-refractivity contribution in [2.24, 2.45) is 0 Å². The van der Waals surface area contributed by atoms with Crippen LogP contribution in [0.25, 0.3) is 0 Å². The highest BCUT2D eigenvalue weighted by Gasteiger charge is 2.31. The van der Waals surface area contributed by atoms with E-state index in [2.05, 4.69) is 16.7 Å². The van der Waals surface area contributed by atoms with Gasteiger partial charge in [0.25, 0.3) is 11.6 Å². The number of ether oxygens (including phenoxy) is 1. The van der Waals surface area contributed by atoms with E-state index in [1.807, 2.05) is 33.8 Å². The van der Waals surface area contributed by atoms with Gasteiger partial charge in [-0.1, -0.05) is 13.0 Å². The molecule has 1 aliphatic heterocycles. The van der Waals surface area contributed by atoms with Gasteiger partial charge in [0.15, 0.2) is 0 Å². The quantitative estimate of drug-likeness (QED) is 0.162. The summed E-state index contributed by atoms with van der Waals surface area (Å²) in [7, 11) is 0. The zero-order chi connectivity index (χ0) is 31.3. The third-order valence-corrected chi connectivity index (χ3v) is 8.92. The highest BCUT2D eigenvalue weighted by Crippen LogP contribution is 2.38. The number of hydrogen-bond donors (Lipinski definition) is 2. The second-order valence-electron chi connectivity index (χ2n) is 10.8. The number of benzene rings is 2. The number of anilines is 2. The first-order valence-electron chi connectivity index (χ1n) is 13.5. The van der Waals surface area contributed by atoms with E-state index in [9.17, 15) is 29.8 Å². The van der Waals surface area contributed by atoms with E-state index >= 15 is 0 Å². The van der Waals surface area contributed by atoms with Crippen LogP contribution in [-0.4, -0.2) is 45.1 Å². The van der Waals surface area contributed by atoms with Crippen molar-refractivity contribution < 1.29 is 24.0 Å². The third kappa shape index (κ3) is 7.91. The zero-order valence-corrected chi connectivity index (χ0v) is 25.8. The van der Waals surface area contributed by atoms with Gasteiger partial charge in [-0.25, -0.2) is 4.79 Å². The Bertz CT molecular complexity index is 1590. The maximum absolute atomic E-state index is 13.3. The molecule has 2 heterocycles. The van der Waals surface area contributed by atoms with Gasteiger partial charge in [0.2, 0.25) is 5.91 Å². The molecule has 0 spiro atoms. The van der Waals surface area contributed by atoms with Gasteiger partial charge in [-0.3, -0.25) is 19.7 Å². The van der Waals surface area contributed by atoms with Crippen molar-refractivity contribution in [2.75, 3.05) is 17.2 Å². The Hall–Kier alpha value is -4.41. The fourth-order valence-corrected chi connectivity index (χ4v) is 6.59. The molecule has 3 aromatic rings. The number of fused-ring (bicyclic) bond motifs is 1. The fourth-order valence-electron chi connectivity index (χ4n) is 4.36. The largest absolute Gasteiger partial charge is 0.444 e.